The molecule has 0 unspecified atom stereocenters. The van der Waals surface area contributed by atoms with E-state index in [4.69, 9.17) is 14.7 Å². The number of amides is 1. The number of dihydropyridines is 1. The number of carbonyl (C=O) groups is 1. The normalized spacial score (nSPS) is 26.6. The maximum Gasteiger partial charge on any atom is 0.256 e. The number of nitriles is 1. The molecule has 0 radical (unpaired) electrons. The van der Waals surface area contributed by atoms with Crippen LogP contribution in [-0.2, 0) is 4.79 Å². The van der Waals surface area contributed by atoms with Crippen molar-refractivity contribution in [1.82, 2.24) is 9.88 Å². The van der Waals surface area contributed by atoms with Crippen LogP contribution in [0.4, 0.5) is 0 Å². The Morgan fingerprint density at radius 2 is 2.00 bits per heavy atom. The van der Waals surface area contributed by atoms with E-state index in [1.54, 1.807) is 12.3 Å². The van der Waals surface area contributed by atoms with E-state index in [-0.39, 0.29) is 34.6 Å². The number of pyridine rings is 1. The Labute approximate surface area is 171 Å². The molecule has 3 heterocycles. The van der Waals surface area contributed by atoms with Gasteiger partial charge < -0.3 is 14.4 Å². The summed E-state index contributed by atoms with van der Waals surface area (Å²) < 4.78 is 11.6. The molecule has 0 N–H and O–H groups in total. The molecule has 4 rings (SSSR count). The fourth-order valence-corrected chi connectivity index (χ4v) is 5.64. The van der Waals surface area contributed by atoms with Gasteiger partial charge in [0.2, 0.25) is 0 Å². The van der Waals surface area contributed by atoms with E-state index < -0.39 is 0 Å². The zero-order chi connectivity index (χ0) is 21.0. The predicted molar refractivity (Wildman–Crippen MR) is 108 cm³/mol. The number of hydrogen-bond donors (Lipinski definition) is 0. The van der Waals surface area contributed by atoms with E-state index in [9.17, 15) is 4.79 Å². The van der Waals surface area contributed by atoms with Crippen LogP contribution in [0.15, 0.2) is 28.9 Å². The predicted octanol–water partition coefficient (Wildman–Crippen LogP) is 2.76. The van der Waals surface area contributed by atoms with Gasteiger partial charge in [-0.1, -0.05) is 33.8 Å². The van der Waals surface area contributed by atoms with Gasteiger partial charge in [0.15, 0.2) is 11.4 Å². The van der Waals surface area contributed by atoms with Gasteiger partial charge in [0.25, 0.3) is 5.91 Å². The number of ether oxygens (including phenoxy) is 2. The molecule has 1 aliphatic carbocycles. The van der Waals surface area contributed by atoms with E-state index in [1.807, 2.05) is 17.0 Å². The van der Waals surface area contributed by atoms with Crippen LogP contribution in [0, 0.1) is 22.2 Å². The molecule has 1 saturated carbocycles. The largest absolute Gasteiger partial charge is 0.494 e. The first-order valence-corrected chi connectivity index (χ1v) is 9.87. The number of aromatic nitrogens is 1. The molecule has 0 bridgehead atoms. The van der Waals surface area contributed by atoms with Gasteiger partial charge in [-0.3, -0.25) is 9.79 Å². The van der Waals surface area contributed by atoms with E-state index in [0.29, 0.717) is 18.0 Å². The minimum atomic E-state index is -0.269. The highest BCUT2D eigenvalue weighted by molar-refractivity contribution is 6.27. The number of hydrogen-bond acceptors (Lipinski definition) is 6. The molecule has 0 atom stereocenters. The minimum Gasteiger partial charge on any atom is -0.494 e. The van der Waals surface area contributed by atoms with Gasteiger partial charge in [-0.25, -0.2) is 4.98 Å². The Bertz CT molecular complexity index is 955. The van der Waals surface area contributed by atoms with Crippen LogP contribution < -0.4 is 9.47 Å². The first kappa shape index (κ1) is 19.4. The zero-order valence-electron chi connectivity index (χ0n) is 17.5. The number of carbonyl (C=O) groups excluding carboxylic acids is 1. The standard InChI is InChI=1S/C22H26N4O3/c1-21(2)19(26-12-16-14(18(26)27)7-6-8-24-16)22(3,4)20(21)29-13-9-17(28-5)15(10-23)25-11-13/h7,9,11,19-20H,6,8,12H2,1-5H3/t19-,20-. The molecule has 1 saturated heterocycles. The number of rotatable bonds is 4. The highest BCUT2D eigenvalue weighted by Crippen LogP contribution is 2.58. The lowest BCUT2D eigenvalue weighted by Gasteiger charge is -2.65. The van der Waals surface area contributed by atoms with Crippen LogP contribution in [0.3, 0.4) is 0 Å². The van der Waals surface area contributed by atoms with E-state index in [2.05, 4.69) is 37.7 Å². The van der Waals surface area contributed by atoms with Crippen molar-refractivity contribution in [2.75, 3.05) is 20.2 Å². The van der Waals surface area contributed by atoms with Crippen LogP contribution in [-0.4, -0.2) is 53.8 Å². The van der Waals surface area contributed by atoms with E-state index in [0.717, 1.165) is 24.3 Å². The van der Waals surface area contributed by atoms with Crippen molar-refractivity contribution in [3.05, 3.63) is 29.6 Å². The van der Waals surface area contributed by atoms with Crippen molar-refractivity contribution in [3.8, 4) is 17.6 Å². The summed E-state index contributed by atoms with van der Waals surface area (Å²) in [5.41, 5.74) is 1.37. The Hall–Kier alpha value is -2.88. The third-order valence-electron chi connectivity index (χ3n) is 6.38. The van der Waals surface area contributed by atoms with Crippen molar-refractivity contribution >= 4 is 11.6 Å². The average molecular weight is 394 g/mol. The second-order valence-electron chi connectivity index (χ2n) is 9.04. The second kappa shape index (κ2) is 6.58. The van der Waals surface area contributed by atoms with Crippen LogP contribution in [0.5, 0.6) is 11.5 Å². The van der Waals surface area contributed by atoms with Crippen LogP contribution in [0.1, 0.15) is 39.8 Å². The molecule has 29 heavy (non-hydrogen) atoms. The van der Waals surface area contributed by atoms with Crippen molar-refractivity contribution in [1.29, 1.82) is 5.26 Å². The van der Waals surface area contributed by atoms with Gasteiger partial charge in [-0.05, 0) is 6.42 Å². The highest BCUT2D eigenvalue weighted by atomic mass is 16.5. The SMILES string of the molecule is COc1cc(O[C@H]2C(C)(C)[C@H](N3CC4=NCCC=C4C3=O)C2(C)C)cnc1C#N. The number of likely N-dealkylation sites (tertiary alicyclic amines) is 1. The molecule has 2 fully saturated rings. The van der Waals surface area contributed by atoms with Gasteiger partial charge in [-0.15, -0.1) is 0 Å². The Morgan fingerprint density at radius 1 is 1.28 bits per heavy atom. The molecular weight excluding hydrogens is 368 g/mol. The van der Waals surface area contributed by atoms with Gasteiger partial charge >= 0.3 is 0 Å². The molecule has 7 heteroatoms. The highest BCUT2D eigenvalue weighted by Gasteiger charge is 2.67. The maximum atomic E-state index is 13.0. The fraction of sp³-hybridized carbons (Fsp3) is 0.545. The Balaban J connectivity index is 1.59. The number of aliphatic imine (C=N–C) groups is 1. The maximum absolute atomic E-state index is 13.0. The summed E-state index contributed by atoms with van der Waals surface area (Å²) in [7, 11) is 1.50. The second-order valence-corrected chi connectivity index (χ2v) is 9.04. The number of methoxy groups -OCH3 is 1. The van der Waals surface area contributed by atoms with Crippen LogP contribution in [0.25, 0.3) is 0 Å². The van der Waals surface area contributed by atoms with Gasteiger partial charge in [0, 0.05) is 29.5 Å². The zero-order valence-corrected chi connectivity index (χ0v) is 17.5. The summed E-state index contributed by atoms with van der Waals surface area (Å²) in [6.07, 6.45) is 4.27. The molecular formula is C22H26N4O3. The molecule has 0 spiro atoms. The van der Waals surface area contributed by atoms with E-state index >= 15 is 0 Å². The van der Waals surface area contributed by atoms with Crippen LogP contribution >= 0.6 is 0 Å². The minimum absolute atomic E-state index is 0.0231. The molecule has 1 aromatic heterocycles. The summed E-state index contributed by atoms with van der Waals surface area (Å²) in [5, 5.41) is 9.13. The van der Waals surface area contributed by atoms with Gasteiger partial charge in [-0.2, -0.15) is 5.26 Å². The van der Waals surface area contributed by atoms with Crippen molar-refractivity contribution in [3.63, 3.8) is 0 Å². The lowest BCUT2D eigenvalue weighted by atomic mass is 9.49. The molecule has 3 aliphatic rings. The summed E-state index contributed by atoms with van der Waals surface area (Å²) in [4.78, 5) is 23.7. The lowest BCUT2D eigenvalue weighted by Crippen LogP contribution is -2.74. The third kappa shape index (κ3) is 2.81. The average Bonchev–Trinajstić information content (AvgIpc) is 3.01. The van der Waals surface area contributed by atoms with Crippen molar-refractivity contribution < 1.29 is 14.3 Å². The molecule has 2 aliphatic heterocycles. The smallest absolute Gasteiger partial charge is 0.256 e. The first-order valence-electron chi connectivity index (χ1n) is 9.87. The number of fused-ring (bicyclic) bond motifs is 1. The van der Waals surface area contributed by atoms with Crippen molar-refractivity contribution in [2.24, 2.45) is 15.8 Å². The molecule has 1 amide bonds. The molecule has 152 valence electrons. The van der Waals surface area contributed by atoms with Crippen molar-refractivity contribution in [2.45, 2.75) is 46.3 Å². The Morgan fingerprint density at radius 3 is 2.62 bits per heavy atom. The molecule has 0 aromatic carbocycles. The Kier molecular flexibility index (Phi) is 4.41. The topological polar surface area (TPSA) is 87.8 Å². The number of nitrogens with zero attached hydrogens (tertiary/aromatic N) is 4. The van der Waals surface area contributed by atoms with Gasteiger partial charge in [0.1, 0.15) is 17.9 Å². The summed E-state index contributed by atoms with van der Waals surface area (Å²) in [5.74, 6) is 1.02. The lowest BCUT2D eigenvalue weighted by molar-refractivity contribution is -0.206. The summed E-state index contributed by atoms with van der Waals surface area (Å²) >= 11 is 0. The summed E-state index contributed by atoms with van der Waals surface area (Å²) in [6.45, 7) is 9.86. The first-order chi connectivity index (χ1) is 13.7. The van der Waals surface area contributed by atoms with E-state index in [1.165, 1.54) is 7.11 Å². The fourth-order valence-electron chi connectivity index (χ4n) is 5.64. The monoisotopic (exact) mass is 394 g/mol. The van der Waals surface area contributed by atoms with Gasteiger partial charge in [0.05, 0.1) is 31.1 Å². The third-order valence-corrected chi connectivity index (χ3v) is 6.38. The summed E-state index contributed by atoms with van der Waals surface area (Å²) in [6, 6.07) is 3.73. The van der Waals surface area contributed by atoms with Crippen LogP contribution in [0.2, 0.25) is 0 Å². The quantitative estimate of drug-likeness (QED) is 0.784. The molecule has 1 aromatic rings. The molecule has 7 nitrogen and oxygen atoms in total.